The van der Waals surface area contributed by atoms with Gasteiger partial charge in [0.15, 0.2) is 0 Å². The molecule has 2 rings (SSSR count). The predicted octanol–water partition coefficient (Wildman–Crippen LogP) is 2.46. The molecule has 0 aromatic heterocycles. The lowest BCUT2D eigenvalue weighted by Gasteiger charge is -2.38. The number of ether oxygens (including phenoxy) is 1. The lowest BCUT2D eigenvalue weighted by Crippen LogP contribution is -2.37. The van der Waals surface area contributed by atoms with Crippen LogP contribution in [0.1, 0.15) is 19.8 Å². The smallest absolute Gasteiger partial charge is 0.135 e. The molecule has 76 valence electrons. The molecule has 1 fully saturated rings. The Kier molecular flexibility index (Phi) is 2.36. The standard InChI is InChI=1S/C12H17NO/c1-9(2)11-5-4-6-13-7-8-14-10(3)12(11)13/h1,3-8H2,2H3. The molecule has 2 aliphatic heterocycles. The second kappa shape index (κ2) is 3.52. The molecule has 0 spiro atoms. The van der Waals surface area contributed by atoms with Crippen LogP contribution in [0.15, 0.2) is 35.8 Å². The molecule has 0 N–H and O–H groups in total. The number of allylic oxidation sites excluding steroid dienone is 2. The van der Waals surface area contributed by atoms with Gasteiger partial charge in [-0.25, -0.2) is 0 Å². The highest BCUT2D eigenvalue weighted by Gasteiger charge is 2.26. The predicted molar refractivity (Wildman–Crippen MR) is 57.7 cm³/mol. The first-order valence-corrected chi connectivity index (χ1v) is 5.16. The Labute approximate surface area is 85.5 Å². The Morgan fingerprint density at radius 1 is 1.43 bits per heavy atom. The minimum Gasteiger partial charge on any atom is -0.490 e. The van der Waals surface area contributed by atoms with E-state index >= 15 is 0 Å². The molecular weight excluding hydrogens is 174 g/mol. The molecule has 14 heavy (non-hydrogen) atoms. The zero-order valence-corrected chi connectivity index (χ0v) is 8.81. The van der Waals surface area contributed by atoms with Crippen molar-refractivity contribution in [1.82, 2.24) is 4.90 Å². The monoisotopic (exact) mass is 191 g/mol. The van der Waals surface area contributed by atoms with Gasteiger partial charge in [0.25, 0.3) is 0 Å². The number of morpholine rings is 1. The minimum absolute atomic E-state index is 0.770. The zero-order chi connectivity index (χ0) is 10.1. The van der Waals surface area contributed by atoms with Gasteiger partial charge < -0.3 is 9.64 Å². The van der Waals surface area contributed by atoms with Crippen LogP contribution in [0.25, 0.3) is 0 Å². The van der Waals surface area contributed by atoms with Crippen molar-refractivity contribution >= 4 is 0 Å². The molecule has 2 heteroatoms. The molecule has 0 aromatic carbocycles. The summed E-state index contributed by atoms with van der Waals surface area (Å²) in [4.78, 5) is 2.37. The number of hydrogen-bond acceptors (Lipinski definition) is 2. The fraction of sp³-hybridized carbons (Fsp3) is 0.500. The summed E-state index contributed by atoms with van der Waals surface area (Å²) in [6.07, 6.45) is 2.34. The summed E-state index contributed by atoms with van der Waals surface area (Å²) in [7, 11) is 0. The Hall–Kier alpha value is -1.18. The highest BCUT2D eigenvalue weighted by atomic mass is 16.5. The Balaban J connectivity index is 2.41. The molecule has 0 amide bonds. The third-order valence-corrected chi connectivity index (χ3v) is 2.87. The van der Waals surface area contributed by atoms with Crippen LogP contribution < -0.4 is 0 Å². The van der Waals surface area contributed by atoms with Gasteiger partial charge in [-0.15, -0.1) is 0 Å². The van der Waals surface area contributed by atoms with E-state index < -0.39 is 0 Å². The summed E-state index contributed by atoms with van der Waals surface area (Å²) in [6, 6.07) is 0. The maximum atomic E-state index is 5.49. The summed E-state index contributed by atoms with van der Waals surface area (Å²) < 4.78 is 5.49. The number of nitrogens with zero attached hydrogens (tertiary/aromatic N) is 1. The van der Waals surface area contributed by atoms with Crippen LogP contribution in [0.5, 0.6) is 0 Å². The van der Waals surface area contributed by atoms with E-state index in [-0.39, 0.29) is 0 Å². The Morgan fingerprint density at radius 2 is 2.21 bits per heavy atom. The highest BCUT2D eigenvalue weighted by molar-refractivity contribution is 5.41. The first kappa shape index (κ1) is 9.38. The number of rotatable bonds is 1. The largest absolute Gasteiger partial charge is 0.490 e. The highest BCUT2D eigenvalue weighted by Crippen LogP contribution is 2.33. The van der Waals surface area contributed by atoms with Crippen LogP contribution >= 0.6 is 0 Å². The lowest BCUT2D eigenvalue weighted by molar-refractivity contribution is 0.122. The molecule has 0 bridgehead atoms. The summed E-state index contributed by atoms with van der Waals surface area (Å²) >= 11 is 0. The molecule has 2 heterocycles. The topological polar surface area (TPSA) is 12.5 Å². The van der Waals surface area contributed by atoms with Gasteiger partial charge in [-0.3, -0.25) is 0 Å². The second-order valence-electron chi connectivity index (χ2n) is 3.97. The molecule has 0 atom stereocenters. The fourth-order valence-electron chi connectivity index (χ4n) is 2.20. The first-order chi connectivity index (χ1) is 6.70. The van der Waals surface area contributed by atoms with Crippen LogP contribution in [0.2, 0.25) is 0 Å². The van der Waals surface area contributed by atoms with Crippen molar-refractivity contribution in [3.63, 3.8) is 0 Å². The van der Waals surface area contributed by atoms with E-state index in [2.05, 4.69) is 25.0 Å². The van der Waals surface area contributed by atoms with Gasteiger partial charge in [0.05, 0.1) is 12.2 Å². The van der Waals surface area contributed by atoms with E-state index in [1.54, 1.807) is 0 Å². The SMILES string of the molecule is C=C(C)C1=C2C(=C)OCCN2CCC1. The molecule has 2 nitrogen and oxygen atoms in total. The first-order valence-electron chi connectivity index (χ1n) is 5.16. The zero-order valence-electron chi connectivity index (χ0n) is 8.81. The van der Waals surface area contributed by atoms with E-state index in [4.69, 9.17) is 4.74 Å². The van der Waals surface area contributed by atoms with Crippen LogP contribution in [-0.2, 0) is 4.74 Å². The van der Waals surface area contributed by atoms with Gasteiger partial charge in [0.1, 0.15) is 12.4 Å². The van der Waals surface area contributed by atoms with E-state index in [1.807, 2.05) is 0 Å². The van der Waals surface area contributed by atoms with Crippen LogP contribution in [0.4, 0.5) is 0 Å². The van der Waals surface area contributed by atoms with Gasteiger partial charge in [0, 0.05) is 6.54 Å². The van der Waals surface area contributed by atoms with Crippen LogP contribution in [0, 0.1) is 0 Å². The van der Waals surface area contributed by atoms with Gasteiger partial charge in [-0.2, -0.15) is 0 Å². The molecule has 0 saturated carbocycles. The average molecular weight is 191 g/mol. The number of hydrogen-bond donors (Lipinski definition) is 0. The van der Waals surface area contributed by atoms with E-state index in [1.165, 1.54) is 17.7 Å². The maximum absolute atomic E-state index is 5.49. The maximum Gasteiger partial charge on any atom is 0.135 e. The fourth-order valence-corrected chi connectivity index (χ4v) is 2.20. The summed E-state index contributed by atoms with van der Waals surface area (Å²) in [5.41, 5.74) is 3.69. The Bertz CT molecular complexity index is 314. The van der Waals surface area contributed by atoms with Crippen LogP contribution in [0.3, 0.4) is 0 Å². The summed E-state index contributed by atoms with van der Waals surface area (Å²) in [5.74, 6) is 0.828. The molecule has 0 aromatic rings. The van der Waals surface area contributed by atoms with Crippen molar-refractivity contribution in [2.45, 2.75) is 19.8 Å². The van der Waals surface area contributed by atoms with Crippen molar-refractivity contribution in [1.29, 1.82) is 0 Å². The number of fused-ring (bicyclic) bond motifs is 1. The molecule has 0 aliphatic carbocycles. The molecule has 0 unspecified atom stereocenters. The van der Waals surface area contributed by atoms with Crippen molar-refractivity contribution < 1.29 is 4.74 Å². The second-order valence-corrected chi connectivity index (χ2v) is 3.97. The summed E-state index contributed by atoms with van der Waals surface area (Å²) in [5, 5.41) is 0. The van der Waals surface area contributed by atoms with Gasteiger partial charge >= 0.3 is 0 Å². The van der Waals surface area contributed by atoms with E-state index in [0.717, 1.165) is 37.4 Å². The molecule has 1 saturated heterocycles. The van der Waals surface area contributed by atoms with E-state index in [0.29, 0.717) is 0 Å². The van der Waals surface area contributed by atoms with Gasteiger partial charge in [-0.1, -0.05) is 18.7 Å². The van der Waals surface area contributed by atoms with Crippen LogP contribution in [-0.4, -0.2) is 24.6 Å². The molecular formula is C12H17NO. The van der Waals surface area contributed by atoms with Crippen molar-refractivity contribution in [2.75, 3.05) is 19.7 Å². The average Bonchev–Trinajstić information content (AvgIpc) is 2.17. The van der Waals surface area contributed by atoms with Crippen molar-refractivity contribution in [3.8, 4) is 0 Å². The molecule has 0 radical (unpaired) electrons. The third kappa shape index (κ3) is 1.45. The molecule has 2 aliphatic rings. The third-order valence-electron chi connectivity index (χ3n) is 2.87. The Morgan fingerprint density at radius 3 is 2.93 bits per heavy atom. The summed E-state index contributed by atoms with van der Waals surface area (Å²) in [6.45, 7) is 12.9. The quantitative estimate of drug-likeness (QED) is 0.631. The minimum atomic E-state index is 0.770. The normalized spacial score (nSPS) is 21.8. The lowest BCUT2D eigenvalue weighted by atomic mass is 9.95. The van der Waals surface area contributed by atoms with Crippen molar-refractivity contribution in [2.24, 2.45) is 0 Å². The van der Waals surface area contributed by atoms with E-state index in [9.17, 15) is 0 Å². The van der Waals surface area contributed by atoms with Crippen molar-refractivity contribution in [3.05, 3.63) is 35.8 Å². The van der Waals surface area contributed by atoms with Gasteiger partial charge in [-0.05, 0) is 25.3 Å². The van der Waals surface area contributed by atoms with Gasteiger partial charge in [0.2, 0.25) is 0 Å².